The molecule has 5 nitrogen and oxygen atoms in total. The molecule has 0 amide bonds. The van der Waals surface area contributed by atoms with E-state index in [1.807, 2.05) is 72.8 Å². The first-order valence-electron chi connectivity index (χ1n) is 18.0. The zero-order chi connectivity index (χ0) is 35.6. The van der Waals surface area contributed by atoms with Crippen molar-refractivity contribution < 1.29 is 8.83 Å². The topological polar surface area (TPSA) is 65.0 Å². The highest BCUT2D eigenvalue weighted by Gasteiger charge is 2.21. The standard InChI is InChI=1S/C49H29N3O2/c1-4-14-30(15-5-1)34-22-12-24-41-44(34)37-27-26-33(28-43(37)53-41)48-50-47(32-18-8-3-9-19-32)51-49(52-48)38-23-13-25-42-45(38)40-29-39(31-16-6-2-7-17-31)35-20-10-11-21-36(35)46(40)54-42/h1-29H. The SMILES string of the molecule is c1ccc(-c2nc(-c3ccc4c(c3)oc3cccc(-c5ccccc5)c34)nc(-c3cccc4oc5c6ccccc6c(-c6ccccc6)cc5c34)n2)cc1. The Morgan fingerprint density at radius 2 is 0.852 bits per heavy atom. The van der Waals surface area contributed by atoms with Crippen LogP contribution >= 0.6 is 0 Å². The van der Waals surface area contributed by atoms with Gasteiger partial charge in [-0.1, -0.05) is 146 Å². The van der Waals surface area contributed by atoms with E-state index in [0.717, 1.165) is 93.6 Å². The summed E-state index contributed by atoms with van der Waals surface area (Å²) in [5, 5.41) is 6.32. The van der Waals surface area contributed by atoms with Gasteiger partial charge >= 0.3 is 0 Å². The molecule has 8 aromatic carbocycles. The molecule has 3 aromatic heterocycles. The van der Waals surface area contributed by atoms with Gasteiger partial charge in [0.05, 0.1) is 0 Å². The minimum Gasteiger partial charge on any atom is -0.456 e. The Hall–Kier alpha value is -7.37. The van der Waals surface area contributed by atoms with Crippen molar-refractivity contribution >= 4 is 54.6 Å². The number of benzene rings is 8. The quantitative estimate of drug-likeness (QED) is 0.180. The summed E-state index contributed by atoms with van der Waals surface area (Å²) in [7, 11) is 0. The minimum absolute atomic E-state index is 0.560. The molecule has 0 bridgehead atoms. The van der Waals surface area contributed by atoms with Crippen LogP contribution in [0.4, 0.5) is 0 Å². The first kappa shape index (κ1) is 30.3. The van der Waals surface area contributed by atoms with E-state index >= 15 is 0 Å². The highest BCUT2D eigenvalue weighted by atomic mass is 16.3. The lowest BCUT2D eigenvalue weighted by atomic mass is 9.94. The van der Waals surface area contributed by atoms with Gasteiger partial charge in [-0.2, -0.15) is 0 Å². The molecule has 11 aromatic rings. The van der Waals surface area contributed by atoms with Crippen LogP contribution in [0, 0.1) is 0 Å². The lowest BCUT2D eigenvalue weighted by molar-refractivity contribution is 0.669. The van der Waals surface area contributed by atoms with Gasteiger partial charge in [0.15, 0.2) is 17.5 Å². The van der Waals surface area contributed by atoms with Crippen LogP contribution in [-0.4, -0.2) is 15.0 Å². The molecule has 0 spiro atoms. The van der Waals surface area contributed by atoms with Crippen molar-refractivity contribution in [2.75, 3.05) is 0 Å². The van der Waals surface area contributed by atoms with Gasteiger partial charge in [-0.05, 0) is 58.0 Å². The molecule has 0 aliphatic carbocycles. The maximum Gasteiger partial charge on any atom is 0.164 e. The van der Waals surface area contributed by atoms with Gasteiger partial charge in [-0.25, -0.2) is 15.0 Å². The van der Waals surface area contributed by atoms with Gasteiger partial charge in [0.1, 0.15) is 22.3 Å². The zero-order valence-electron chi connectivity index (χ0n) is 28.9. The zero-order valence-corrected chi connectivity index (χ0v) is 28.9. The Morgan fingerprint density at radius 1 is 0.296 bits per heavy atom. The van der Waals surface area contributed by atoms with Crippen LogP contribution in [0.3, 0.4) is 0 Å². The van der Waals surface area contributed by atoms with E-state index in [4.69, 9.17) is 23.8 Å². The molecule has 0 saturated heterocycles. The van der Waals surface area contributed by atoms with Crippen molar-refractivity contribution in [2.24, 2.45) is 0 Å². The molecule has 0 aliphatic rings. The van der Waals surface area contributed by atoms with E-state index in [0.29, 0.717) is 17.5 Å². The van der Waals surface area contributed by atoms with Crippen LogP contribution in [0.5, 0.6) is 0 Å². The van der Waals surface area contributed by atoms with Crippen LogP contribution in [-0.2, 0) is 0 Å². The lowest BCUT2D eigenvalue weighted by Crippen LogP contribution is -2.00. The highest BCUT2D eigenvalue weighted by molar-refractivity contribution is 6.22. The molecule has 5 heteroatoms. The first-order chi connectivity index (χ1) is 26.8. The number of fused-ring (bicyclic) bond motifs is 8. The second-order valence-electron chi connectivity index (χ2n) is 13.5. The summed E-state index contributed by atoms with van der Waals surface area (Å²) >= 11 is 0. The van der Waals surface area contributed by atoms with Gasteiger partial charge in [0.2, 0.25) is 0 Å². The molecular weight excluding hydrogens is 663 g/mol. The van der Waals surface area contributed by atoms with Crippen molar-refractivity contribution in [3.05, 3.63) is 176 Å². The highest BCUT2D eigenvalue weighted by Crippen LogP contribution is 2.43. The molecular formula is C49H29N3O2. The fourth-order valence-electron chi connectivity index (χ4n) is 7.86. The molecule has 0 unspecified atom stereocenters. The third-order valence-corrected chi connectivity index (χ3v) is 10.3. The predicted molar refractivity (Wildman–Crippen MR) is 219 cm³/mol. The van der Waals surface area contributed by atoms with Crippen LogP contribution in [0.25, 0.3) is 111 Å². The largest absolute Gasteiger partial charge is 0.456 e. The van der Waals surface area contributed by atoms with E-state index < -0.39 is 0 Å². The van der Waals surface area contributed by atoms with Crippen LogP contribution < -0.4 is 0 Å². The van der Waals surface area contributed by atoms with Crippen molar-refractivity contribution in [3.63, 3.8) is 0 Å². The Morgan fingerprint density at radius 3 is 1.57 bits per heavy atom. The third kappa shape index (κ3) is 4.83. The Kier molecular flexibility index (Phi) is 6.79. The van der Waals surface area contributed by atoms with Gasteiger partial charge in [0.25, 0.3) is 0 Å². The molecule has 0 atom stereocenters. The van der Waals surface area contributed by atoms with Gasteiger partial charge in [-0.3, -0.25) is 0 Å². The predicted octanol–water partition coefficient (Wildman–Crippen LogP) is 13.2. The number of aromatic nitrogens is 3. The summed E-state index contributed by atoms with van der Waals surface area (Å²) in [5.41, 5.74) is 10.4. The third-order valence-electron chi connectivity index (χ3n) is 10.3. The molecule has 11 rings (SSSR count). The van der Waals surface area contributed by atoms with Gasteiger partial charge in [0, 0.05) is 43.6 Å². The van der Waals surface area contributed by atoms with Crippen molar-refractivity contribution in [1.82, 2.24) is 15.0 Å². The van der Waals surface area contributed by atoms with E-state index in [9.17, 15) is 0 Å². The first-order valence-corrected chi connectivity index (χ1v) is 18.0. The molecule has 0 saturated carbocycles. The normalized spacial score (nSPS) is 11.7. The monoisotopic (exact) mass is 691 g/mol. The van der Waals surface area contributed by atoms with E-state index in [1.165, 1.54) is 0 Å². The Balaban J connectivity index is 1.14. The fraction of sp³-hybridized carbons (Fsp3) is 0. The summed E-state index contributed by atoms with van der Waals surface area (Å²) in [6.07, 6.45) is 0. The lowest BCUT2D eigenvalue weighted by Gasteiger charge is -2.10. The molecule has 3 heterocycles. The van der Waals surface area contributed by atoms with Crippen LogP contribution in [0.1, 0.15) is 0 Å². The molecule has 0 fully saturated rings. The summed E-state index contributed by atoms with van der Waals surface area (Å²) in [6.45, 7) is 0. The van der Waals surface area contributed by atoms with E-state index in [-0.39, 0.29) is 0 Å². The smallest absolute Gasteiger partial charge is 0.164 e. The number of furan rings is 2. The second kappa shape index (κ2) is 12.1. The van der Waals surface area contributed by atoms with Crippen LogP contribution in [0.15, 0.2) is 185 Å². The fourth-order valence-corrected chi connectivity index (χ4v) is 7.86. The number of hydrogen-bond donors (Lipinski definition) is 0. The van der Waals surface area contributed by atoms with Crippen molar-refractivity contribution in [1.29, 1.82) is 0 Å². The maximum atomic E-state index is 6.68. The summed E-state index contributed by atoms with van der Waals surface area (Å²) in [6, 6.07) is 60.3. The summed E-state index contributed by atoms with van der Waals surface area (Å²) in [4.78, 5) is 15.4. The summed E-state index contributed by atoms with van der Waals surface area (Å²) < 4.78 is 13.2. The number of nitrogens with zero attached hydrogens (tertiary/aromatic N) is 3. The maximum absolute atomic E-state index is 6.68. The summed E-state index contributed by atoms with van der Waals surface area (Å²) in [5.74, 6) is 1.72. The molecule has 252 valence electrons. The van der Waals surface area contributed by atoms with E-state index in [1.54, 1.807) is 0 Å². The van der Waals surface area contributed by atoms with Crippen LogP contribution in [0.2, 0.25) is 0 Å². The Labute approximate surface area is 309 Å². The minimum atomic E-state index is 0.560. The second-order valence-corrected chi connectivity index (χ2v) is 13.5. The van der Waals surface area contributed by atoms with E-state index in [2.05, 4.69) is 103 Å². The molecule has 0 radical (unpaired) electrons. The average molecular weight is 692 g/mol. The molecule has 0 aliphatic heterocycles. The number of hydrogen-bond acceptors (Lipinski definition) is 5. The molecule has 54 heavy (non-hydrogen) atoms. The van der Waals surface area contributed by atoms with Gasteiger partial charge < -0.3 is 8.83 Å². The van der Waals surface area contributed by atoms with Crippen molar-refractivity contribution in [3.8, 4) is 56.4 Å². The molecule has 0 N–H and O–H groups in total. The van der Waals surface area contributed by atoms with Gasteiger partial charge in [-0.15, -0.1) is 0 Å². The average Bonchev–Trinajstić information content (AvgIpc) is 3.82. The van der Waals surface area contributed by atoms with Crippen molar-refractivity contribution in [2.45, 2.75) is 0 Å². The number of rotatable bonds is 5. The Bertz CT molecular complexity index is 3200.